The predicted octanol–water partition coefficient (Wildman–Crippen LogP) is 14.6. The van der Waals surface area contributed by atoms with Gasteiger partial charge in [-0.25, -0.2) is 0 Å². The van der Waals surface area contributed by atoms with Crippen molar-refractivity contribution >= 4 is 76.1 Å². The van der Waals surface area contributed by atoms with Gasteiger partial charge in [-0.15, -0.1) is 0 Å². The normalized spacial score (nSPS) is 14.1. The van der Waals surface area contributed by atoms with E-state index >= 15 is 0 Å². The summed E-state index contributed by atoms with van der Waals surface area (Å²) in [6, 6.07) is 43.4. The zero-order valence-corrected chi connectivity index (χ0v) is 28.6. The fraction of sp³-hybridized carbons (Fsp3) is 0. The van der Waals surface area contributed by atoms with Gasteiger partial charge in [-0.3, -0.25) is 0 Å². The second-order valence-electron chi connectivity index (χ2n) is 13.8. The molecular formula is C52H31NO. The van der Waals surface area contributed by atoms with Crippen LogP contribution in [0.15, 0.2) is 192 Å². The third-order valence-electron chi connectivity index (χ3n) is 10.8. The van der Waals surface area contributed by atoms with Crippen molar-refractivity contribution in [1.29, 1.82) is 0 Å². The highest BCUT2D eigenvalue weighted by molar-refractivity contribution is 6.28. The molecule has 0 fully saturated rings. The first-order chi connectivity index (χ1) is 30.1. The molecule has 0 bridgehead atoms. The SMILES string of the molecule is [2H]c1c([2H])c2c([2H])c([2H])c3c(-c4ccc5c(c4)c4oc6ccccc6c4n5-c4ccc(-c5ccccc5)cc4)c([2H])c([2H])c4c([2H])c([2H])c(c1-c1ccc5ccccc5c1)c2c43. The summed E-state index contributed by atoms with van der Waals surface area (Å²) in [4.78, 5) is 0. The van der Waals surface area contributed by atoms with Crippen molar-refractivity contribution in [2.24, 2.45) is 0 Å². The second kappa shape index (κ2) is 11.2. The topological polar surface area (TPSA) is 18.1 Å². The maximum atomic E-state index is 9.55. The van der Waals surface area contributed by atoms with E-state index in [1.165, 1.54) is 0 Å². The van der Waals surface area contributed by atoms with Gasteiger partial charge in [0.2, 0.25) is 0 Å². The standard InChI is InChI=1S/C52H31NO/c1-2-8-32(9-3-1)34-16-23-40(24-17-34)53-47-29-22-39(31-46(47)52-51(53)45-12-6-7-13-48(45)54-52)42-26-19-36-20-27-43-41(25-18-35-21-28-44(42)50(36)49(35)43)38-15-14-33-10-4-5-11-37(33)30-38/h1-31H/i18D,19D,20D,21D,25D,26D,27D,28D. The molecule has 0 aliphatic rings. The maximum Gasteiger partial charge on any atom is 0.161 e. The molecule has 54 heavy (non-hydrogen) atoms. The molecule has 2 heterocycles. The van der Waals surface area contributed by atoms with Crippen LogP contribution >= 0.6 is 0 Å². The lowest BCUT2D eigenvalue weighted by Gasteiger charge is -2.17. The highest BCUT2D eigenvalue weighted by atomic mass is 16.3. The fourth-order valence-electron chi connectivity index (χ4n) is 8.29. The van der Waals surface area contributed by atoms with Crippen molar-refractivity contribution in [2.75, 3.05) is 0 Å². The number of benzene rings is 10. The predicted molar refractivity (Wildman–Crippen MR) is 228 cm³/mol. The minimum Gasteiger partial charge on any atom is -0.454 e. The van der Waals surface area contributed by atoms with Crippen LogP contribution in [0.25, 0.3) is 115 Å². The van der Waals surface area contributed by atoms with Crippen LogP contribution in [0.2, 0.25) is 0 Å². The molecule has 2 nitrogen and oxygen atoms in total. The summed E-state index contributed by atoms with van der Waals surface area (Å²) in [6.45, 7) is 0. The Hall–Kier alpha value is -7.16. The Bertz CT molecular complexity index is 3890. The minimum absolute atomic E-state index is 0.0113. The zero-order valence-electron chi connectivity index (χ0n) is 36.6. The summed E-state index contributed by atoms with van der Waals surface area (Å²) in [7, 11) is 0. The van der Waals surface area contributed by atoms with E-state index < -0.39 is 0 Å². The lowest BCUT2D eigenvalue weighted by atomic mass is 9.87. The highest BCUT2D eigenvalue weighted by Gasteiger charge is 2.21. The lowest BCUT2D eigenvalue weighted by Crippen LogP contribution is -1.94. The molecule has 0 unspecified atom stereocenters. The monoisotopic (exact) mass is 693 g/mol. The molecule has 10 aromatic carbocycles. The molecule has 12 aromatic rings. The summed E-state index contributed by atoms with van der Waals surface area (Å²) in [5.41, 5.74) is 7.78. The first kappa shape index (κ1) is 22.7. The van der Waals surface area contributed by atoms with Crippen molar-refractivity contribution in [3.8, 4) is 39.1 Å². The van der Waals surface area contributed by atoms with Crippen LogP contribution in [-0.4, -0.2) is 4.57 Å². The first-order valence-corrected chi connectivity index (χ1v) is 17.9. The number of furan rings is 1. The number of para-hydroxylation sites is 1. The quantitative estimate of drug-likeness (QED) is 0.168. The zero-order chi connectivity index (χ0) is 42.3. The Labute approximate surface area is 322 Å². The molecule has 0 amide bonds. The van der Waals surface area contributed by atoms with Gasteiger partial charge in [0.25, 0.3) is 0 Å². The van der Waals surface area contributed by atoms with Gasteiger partial charge >= 0.3 is 0 Å². The lowest BCUT2D eigenvalue weighted by molar-refractivity contribution is 0.673. The van der Waals surface area contributed by atoms with E-state index in [2.05, 4.69) is 41.0 Å². The highest BCUT2D eigenvalue weighted by Crippen LogP contribution is 2.45. The van der Waals surface area contributed by atoms with E-state index in [0.717, 1.165) is 49.4 Å². The molecule has 0 saturated carbocycles. The summed E-state index contributed by atoms with van der Waals surface area (Å²) in [5, 5.41) is 4.53. The Morgan fingerprint density at radius 1 is 0.407 bits per heavy atom. The average Bonchev–Trinajstić information content (AvgIpc) is 3.83. The van der Waals surface area contributed by atoms with E-state index in [-0.39, 0.29) is 91.8 Å². The summed E-state index contributed by atoms with van der Waals surface area (Å²) in [5.74, 6) is 0. The molecule has 0 aliphatic heterocycles. The maximum absolute atomic E-state index is 9.55. The van der Waals surface area contributed by atoms with E-state index in [0.29, 0.717) is 22.3 Å². The van der Waals surface area contributed by atoms with Crippen molar-refractivity contribution in [2.45, 2.75) is 0 Å². The van der Waals surface area contributed by atoms with E-state index in [1.807, 2.05) is 103 Å². The molecule has 0 spiro atoms. The van der Waals surface area contributed by atoms with E-state index in [9.17, 15) is 11.0 Å². The minimum atomic E-state index is -0.311. The molecule has 0 aliphatic carbocycles. The molecule has 0 N–H and O–H groups in total. The molecule has 0 atom stereocenters. The molecule has 2 heteroatoms. The summed E-state index contributed by atoms with van der Waals surface area (Å²) >= 11 is 0. The van der Waals surface area contributed by atoms with Gasteiger partial charge in [0.05, 0.1) is 16.5 Å². The Morgan fingerprint density at radius 2 is 1.00 bits per heavy atom. The van der Waals surface area contributed by atoms with Crippen LogP contribution < -0.4 is 0 Å². The number of aromatic nitrogens is 1. The van der Waals surface area contributed by atoms with Gasteiger partial charge in [-0.1, -0.05) is 145 Å². The van der Waals surface area contributed by atoms with Gasteiger partial charge in [-0.05, 0) is 119 Å². The van der Waals surface area contributed by atoms with Gasteiger partial charge in [-0.2, -0.15) is 0 Å². The van der Waals surface area contributed by atoms with Crippen LogP contribution in [0.5, 0.6) is 0 Å². The summed E-state index contributed by atoms with van der Waals surface area (Å²) in [6.07, 6.45) is 0. The van der Waals surface area contributed by atoms with Gasteiger partial charge in [0, 0.05) is 16.5 Å². The third-order valence-corrected chi connectivity index (χ3v) is 10.8. The molecule has 250 valence electrons. The van der Waals surface area contributed by atoms with Gasteiger partial charge in [0.1, 0.15) is 11.1 Å². The van der Waals surface area contributed by atoms with E-state index in [1.54, 1.807) is 0 Å². The molecular weight excluding hydrogens is 655 g/mol. The van der Waals surface area contributed by atoms with Crippen molar-refractivity contribution in [3.05, 3.63) is 188 Å². The number of fused-ring (bicyclic) bond motifs is 6. The van der Waals surface area contributed by atoms with Crippen LogP contribution in [0.1, 0.15) is 11.0 Å². The third kappa shape index (κ3) is 4.22. The number of rotatable bonds is 4. The van der Waals surface area contributed by atoms with Gasteiger partial charge in [0.15, 0.2) is 5.58 Å². The van der Waals surface area contributed by atoms with Crippen LogP contribution in [0, 0.1) is 0 Å². The molecule has 0 saturated heterocycles. The van der Waals surface area contributed by atoms with Crippen molar-refractivity contribution in [1.82, 2.24) is 4.57 Å². The van der Waals surface area contributed by atoms with E-state index in [4.69, 9.17) is 4.42 Å². The Balaban J connectivity index is 1.17. The Morgan fingerprint density at radius 3 is 1.76 bits per heavy atom. The molecule has 0 radical (unpaired) electrons. The first-order valence-electron chi connectivity index (χ1n) is 21.9. The summed E-state index contributed by atoms with van der Waals surface area (Å²) < 4.78 is 84.1. The average molecular weight is 694 g/mol. The smallest absolute Gasteiger partial charge is 0.161 e. The fourth-order valence-corrected chi connectivity index (χ4v) is 8.29. The second-order valence-corrected chi connectivity index (χ2v) is 13.8. The largest absolute Gasteiger partial charge is 0.454 e. The number of hydrogen-bond donors (Lipinski definition) is 0. The van der Waals surface area contributed by atoms with Crippen LogP contribution in [0.3, 0.4) is 0 Å². The molecule has 12 rings (SSSR count). The van der Waals surface area contributed by atoms with Crippen LogP contribution in [0.4, 0.5) is 0 Å². The number of hydrogen-bond acceptors (Lipinski definition) is 1. The van der Waals surface area contributed by atoms with Crippen LogP contribution in [-0.2, 0) is 0 Å². The van der Waals surface area contributed by atoms with Crippen molar-refractivity contribution in [3.63, 3.8) is 0 Å². The molecule has 2 aromatic heterocycles. The number of nitrogens with zero attached hydrogens (tertiary/aromatic N) is 1. The Kier molecular flexibility index (Phi) is 4.70. The van der Waals surface area contributed by atoms with Gasteiger partial charge < -0.3 is 8.98 Å². The van der Waals surface area contributed by atoms with Crippen molar-refractivity contribution < 1.29 is 15.4 Å².